The fraction of sp³-hybridized carbons (Fsp3) is 0.333. The monoisotopic (exact) mass is 354 g/mol. The number of rotatable bonds is 3. The zero-order valence-corrected chi connectivity index (χ0v) is 14.1. The van der Waals surface area contributed by atoms with Gasteiger partial charge in [0.2, 0.25) is 0 Å². The molecule has 0 saturated heterocycles. The lowest BCUT2D eigenvalue weighted by Crippen LogP contribution is -2.10. The van der Waals surface area contributed by atoms with Crippen molar-refractivity contribution in [3.8, 4) is 11.1 Å². The highest BCUT2D eigenvalue weighted by molar-refractivity contribution is 7.90. The first-order valence-corrected chi connectivity index (χ1v) is 9.49. The standard InChI is InChI=1S/C18H17F3O2S/c1-11-4-3-5-15(17(11)18(19,20)21)16-10-13(24(2,22)23)8-9-14(16)12-6-7-12/h3-5,8-10,12H,6-7H2,1-2H3. The van der Waals surface area contributed by atoms with Gasteiger partial charge in [-0.25, -0.2) is 8.42 Å². The molecule has 0 radical (unpaired) electrons. The second-order valence-corrected chi connectivity index (χ2v) is 8.31. The average molecular weight is 354 g/mol. The zero-order valence-electron chi connectivity index (χ0n) is 13.3. The molecule has 1 aliphatic carbocycles. The maximum Gasteiger partial charge on any atom is 0.417 e. The van der Waals surface area contributed by atoms with E-state index in [9.17, 15) is 21.6 Å². The highest BCUT2D eigenvalue weighted by Gasteiger charge is 2.37. The van der Waals surface area contributed by atoms with Crippen molar-refractivity contribution >= 4 is 9.84 Å². The van der Waals surface area contributed by atoms with Gasteiger partial charge in [-0.05, 0) is 60.1 Å². The third-order valence-corrected chi connectivity index (χ3v) is 5.43. The first kappa shape index (κ1) is 17.0. The van der Waals surface area contributed by atoms with Gasteiger partial charge in [0.1, 0.15) is 0 Å². The van der Waals surface area contributed by atoms with Crippen molar-refractivity contribution < 1.29 is 21.6 Å². The fourth-order valence-electron chi connectivity index (χ4n) is 3.02. The van der Waals surface area contributed by atoms with Gasteiger partial charge in [0.15, 0.2) is 9.84 Å². The first-order chi connectivity index (χ1) is 11.1. The van der Waals surface area contributed by atoms with Gasteiger partial charge < -0.3 is 0 Å². The van der Waals surface area contributed by atoms with Crippen LogP contribution in [0.25, 0.3) is 11.1 Å². The molecule has 0 aromatic heterocycles. The van der Waals surface area contributed by atoms with Crippen LogP contribution in [0.5, 0.6) is 0 Å². The van der Waals surface area contributed by atoms with E-state index in [-0.39, 0.29) is 21.9 Å². The van der Waals surface area contributed by atoms with Crippen LogP contribution in [0.2, 0.25) is 0 Å². The Morgan fingerprint density at radius 2 is 1.71 bits per heavy atom. The highest BCUT2D eigenvalue weighted by atomic mass is 32.2. The van der Waals surface area contributed by atoms with Crippen LogP contribution in [0.1, 0.15) is 35.4 Å². The van der Waals surface area contributed by atoms with E-state index in [1.807, 2.05) is 0 Å². The van der Waals surface area contributed by atoms with Crippen molar-refractivity contribution in [2.24, 2.45) is 0 Å². The number of benzene rings is 2. The molecule has 0 atom stereocenters. The Morgan fingerprint density at radius 1 is 1.04 bits per heavy atom. The first-order valence-electron chi connectivity index (χ1n) is 7.60. The summed E-state index contributed by atoms with van der Waals surface area (Å²) >= 11 is 0. The van der Waals surface area contributed by atoms with Gasteiger partial charge >= 0.3 is 6.18 Å². The van der Waals surface area contributed by atoms with Crippen LogP contribution in [0, 0.1) is 6.92 Å². The van der Waals surface area contributed by atoms with Gasteiger partial charge in [0, 0.05) is 6.26 Å². The van der Waals surface area contributed by atoms with Gasteiger partial charge in [0.05, 0.1) is 10.5 Å². The molecule has 6 heteroatoms. The Kier molecular flexibility index (Phi) is 3.98. The topological polar surface area (TPSA) is 34.1 Å². The quantitative estimate of drug-likeness (QED) is 0.780. The summed E-state index contributed by atoms with van der Waals surface area (Å²) in [5.41, 5.74) is 0.647. The summed E-state index contributed by atoms with van der Waals surface area (Å²) in [6, 6.07) is 8.94. The molecule has 0 unspecified atom stereocenters. The lowest BCUT2D eigenvalue weighted by Gasteiger charge is -2.18. The molecule has 24 heavy (non-hydrogen) atoms. The van der Waals surface area contributed by atoms with Crippen LogP contribution in [0.4, 0.5) is 13.2 Å². The molecular formula is C18H17F3O2S. The lowest BCUT2D eigenvalue weighted by molar-refractivity contribution is -0.137. The molecule has 1 saturated carbocycles. The largest absolute Gasteiger partial charge is 0.417 e. The zero-order chi connectivity index (χ0) is 17.7. The van der Waals surface area contributed by atoms with Gasteiger partial charge in [-0.2, -0.15) is 13.2 Å². The molecule has 0 spiro atoms. The Labute approximate surface area is 139 Å². The van der Waals surface area contributed by atoms with Gasteiger partial charge in [-0.15, -0.1) is 0 Å². The van der Waals surface area contributed by atoms with E-state index in [0.717, 1.165) is 24.7 Å². The Morgan fingerprint density at radius 3 is 2.25 bits per heavy atom. The highest BCUT2D eigenvalue weighted by Crippen LogP contribution is 2.47. The second kappa shape index (κ2) is 5.62. The minimum absolute atomic E-state index is 0.0385. The number of sulfone groups is 1. The van der Waals surface area contributed by atoms with E-state index in [2.05, 4.69) is 0 Å². The maximum absolute atomic E-state index is 13.6. The molecule has 0 amide bonds. The van der Waals surface area contributed by atoms with Crippen LogP contribution in [-0.2, 0) is 16.0 Å². The summed E-state index contributed by atoms with van der Waals surface area (Å²) < 4.78 is 64.4. The van der Waals surface area contributed by atoms with Crippen LogP contribution >= 0.6 is 0 Å². The smallest absolute Gasteiger partial charge is 0.224 e. The van der Waals surface area contributed by atoms with Crippen molar-refractivity contribution in [2.45, 2.75) is 36.8 Å². The van der Waals surface area contributed by atoms with Gasteiger partial charge in [-0.3, -0.25) is 0 Å². The summed E-state index contributed by atoms with van der Waals surface area (Å²) in [4.78, 5) is 0.0385. The number of halogens is 3. The third kappa shape index (κ3) is 3.20. The predicted octanol–water partition coefficient (Wildman–Crippen LogP) is 4.96. The predicted molar refractivity (Wildman–Crippen MR) is 86.7 cm³/mol. The molecule has 128 valence electrons. The summed E-state index contributed by atoms with van der Waals surface area (Å²) in [5.74, 6) is 0.204. The van der Waals surface area contributed by atoms with Crippen molar-refractivity contribution in [2.75, 3.05) is 6.26 Å². The van der Waals surface area contributed by atoms with Crippen molar-refractivity contribution in [1.29, 1.82) is 0 Å². The molecule has 2 nitrogen and oxygen atoms in total. The molecule has 3 rings (SSSR count). The Balaban J connectivity index is 2.32. The molecule has 0 bridgehead atoms. The molecule has 2 aromatic carbocycles. The third-order valence-electron chi connectivity index (χ3n) is 4.32. The number of hydrogen-bond donors (Lipinski definition) is 0. The van der Waals surface area contributed by atoms with Crippen molar-refractivity contribution in [3.63, 3.8) is 0 Å². The molecule has 1 aliphatic rings. The summed E-state index contributed by atoms with van der Waals surface area (Å²) in [7, 11) is -3.50. The van der Waals surface area contributed by atoms with Gasteiger partial charge in [-0.1, -0.05) is 24.3 Å². The average Bonchev–Trinajstić information content (AvgIpc) is 3.28. The SMILES string of the molecule is Cc1cccc(-c2cc(S(C)(=O)=O)ccc2C2CC2)c1C(F)(F)F. The maximum atomic E-state index is 13.6. The van der Waals surface area contributed by atoms with E-state index < -0.39 is 21.6 Å². The Hall–Kier alpha value is -1.82. The molecule has 1 fully saturated rings. The summed E-state index contributed by atoms with van der Waals surface area (Å²) in [5, 5.41) is 0. The van der Waals surface area contributed by atoms with Crippen LogP contribution in [0.15, 0.2) is 41.3 Å². The van der Waals surface area contributed by atoms with Crippen LogP contribution in [-0.4, -0.2) is 14.7 Å². The van der Waals surface area contributed by atoms with Crippen molar-refractivity contribution in [1.82, 2.24) is 0 Å². The van der Waals surface area contributed by atoms with Crippen molar-refractivity contribution in [3.05, 3.63) is 53.1 Å². The van der Waals surface area contributed by atoms with E-state index >= 15 is 0 Å². The molecule has 0 heterocycles. The Bertz CT molecular complexity index is 895. The minimum Gasteiger partial charge on any atom is -0.224 e. The summed E-state index contributed by atoms with van der Waals surface area (Å²) in [6.45, 7) is 1.42. The second-order valence-electron chi connectivity index (χ2n) is 6.29. The fourth-order valence-corrected chi connectivity index (χ4v) is 3.67. The number of aryl methyl sites for hydroxylation is 1. The van der Waals surface area contributed by atoms with Crippen LogP contribution in [0.3, 0.4) is 0 Å². The minimum atomic E-state index is -4.50. The van der Waals surface area contributed by atoms with E-state index in [0.29, 0.717) is 5.56 Å². The van der Waals surface area contributed by atoms with E-state index in [1.165, 1.54) is 31.2 Å². The molecule has 2 aromatic rings. The molecule has 0 N–H and O–H groups in total. The van der Waals surface area contributed by atoms with E-state index in [1.54, 1.807) is 12.1 Å². The summed E-state index contributed by atoms with van der Waals surface area (Å²) in [6.07, 6.45) is -1.61. The lowest BCUT2D eigenvalue weighted by atomic mass is 9.91. The van der Waals surface area contributed by atoms with E-state index in [4.69, 9.17) is 0 Å². The normalized spacial score (nSPS) is 15.5. The van der Waals surface area contributed by atoms with Gasteiger partial charge in [0.25, 0.3) is 0 Å². The number of hydrogen-bond acceptors (Lipinski definition) is 2. The molecule has 0 aliphatic heterocycles. The number of alkyl halides is 3. The van der Waals surface area contributed by atoms with Crippen LogP contribution < -0.4 is 0 Å². The molecular weight excluding hydrogens is 337 g/mol.